The van der Waals surface area contributed by atoms with Gasteiger partial charge in [-0.05, 0) is 49.9 Å². The molecule has 2 heterocycles. The molecular weight excluding hydrogens is 432 g/mol. The lowest BCUT2D eigenvalue weighted by Gasteiger charge is -2.32. The summed E-state index contributed by atoms with van der Waals surface area (Å²) in [6, 6.07) is 10.2. The monoisotopic (exact) mass is 468 g/mol. The molecule has 1 aliphatic heterocycles. The minimum atomic E-state index is -0.000728. The molecule has 0 bridgehead atoms. The lowest BCUT2D eigenvalue weighted by Crippen LogP contribution is -2.38. The van der Waals surface area contributed by atoms with E-state index in [4.69, 9.17) is 14.2 Å². The first-order chi connectivity index (χ1) is 16.6. The Hall–Kier alpha value is -2.68. The highest BCUT2D eigenvalue weighted by Gasteiger charge is 2.33. The van der Waals surface area contributed by atoms with E-state index >= 15 is 0 Å². The topological polar surface area (TPSA) is 76.2 Å². The number of carbonyl (C=O) groups excluding carboxylic acids is 1. The summed E-state index contributed by atoms with van der Waals surface area (Å²) in [7, 11) is 5.17. The van der Waals surface area contributed by atoms with Crippen LogP contribution in [0.5, 0.6) is 0 Å². The summed E-state index contributed by atoms with van der Waals surface area (Å²) in [5.41, 5.74) is 3.82. The Morgan fingerprint density at radius 2 is 1.82 bits per heavy atom. The summed E-state index contributed by atoms with van der Waals surface area (Å²) in [5.74, 6) is 0.969. The molecule has 8 nitrogen and oxygen atoms in total. The minimum Gasteiger partial charge on any atom is -0.383 e. The highest BCUT2D eigenvalue weighted by Crippen LogP contribution is 2.39. The smallest absolute Gasteiger partial charge is 0.230 e. The molecule has 2 aromatic rings. The Balaban J connectivity index is 1.68. The molecule has 1 amide bonds. The summed E-state index contributed by atoms with van der Waals surface area (Å²) >= 11 is 0. The number of methoxy groups -OCH3 is 3. The number of fused-ring (bicyclic) bond motifs is 2. The number of anilines is 4. The largest absolute Gasteiger partial charge is 0.383 e. The van der Waals surface area contributed by atoms with Crippen molar-refractivity contribution < 1.29 is 19.0 Å². The molecule has 0 spiro atoms. The van der Waals surface area contributed by atoms with Gasteiger partial charge in [-0.25, -0.2) is 4.98 Å². The van der Waals surface area contributed by atoms with Crippen LogP contribution in [-0.4, -0.2) is 64.6 Å². The molecule has 1 aromatic carbocycles. The summed E-state index contributed by atoms with van der Waals surface area (Å²) in [4.78, 5) is 22.6. The lowest BCUT2D eigenvalue weighted by molar-refractivity contribution is -0.124. The van der Waals surface area contributed by atoms with Crippen LogP contribution in [0.1, 0.15) is 31.2 Å². The molecule has 4 rings (SSSR count). The SMILES string of the molecule is COCCN(CCOC)c1ccc2c(c1)N(C(=O)[C@H]1CC[C@H](OC)CC1)Cc1cccnc1N2. The van der Waals surface area contributed by atoms with Crippen LogP contribution in [0.15, 0.2) is 36.5 Å². The second-order valence-electron chi connectivity index (χ2n) is 8.94. The number of benzene rings is 1. The molecule has 1 fully saturated rings. The molecule has 0 saturated heterocycles. The second-order valence-corrected chi connectivity index (χ2v) is 8.94. The molecule has 1 N–H and O–H groups in total. The quantitative estimate of drug-likeness (QED) is 0.597. The first-order valence-electron chi connectivity index (χ1n) is 12.1. The average molecular weight is 469 g/mol. The van der Waals surface area contributed by atoms with Gasteiger partial charge in [0.15, 0.2) is 0 Å². The molecular formula is C26H36N4O4. The Morgan fingerprint density at radius 3 is 2.50 bits per heavy atom. The first kappa shape index (κ1) is 24.4. The van der Waals surface area contributed by atoms with E-state index < -0.39 is 0 Å². The van der Waals surface area contributed by atoms with Gasteiger partial charge >= 0.3 is 0 Å². The van der Waals surface area contributed by atoms with E-state index in [1.165, 1.54) is 0 Å². The van der Waals surface area contributed by atoms with Gasteiger partial charge in [0.25, 0.3) is 0 Å². The lowest BCUT2D eigenvalue weighted by atomic mass is 9.86. The third-order valence-electron chi connectivity index (χ3n) is 6.86. The van der Waals surface area contributed by atoms with Crippen molar-refractivity contribution >= 4 is 28.8 Å². The number of amides is 1. The molecule has 0 unspecified atom stereocenters. The maximum atomic E-state index is 13.9. The normalized spacial score (nSPS) is 19.6. The number of nitrogens with one attached hydrogen (secondary N) is 1. The number of hydrogen-bond donors (Lipinski definition) is 1. The Morgan fingerprint density at radius 1 is 1.09 bits per heavy atom. The predicted molar refractivity (Wildman–Crippen MR) is 134 cm³/mol. The summed E-state index contributed by atoms with van der Waals surface area (Å²) in [6.45, 7) is 3.19. The van der Waals surface area contributed by atoms with Crippen molar-refractivity contribution in [2.24, 2.45) is 5.92 Å². The average Bonchev–Trinajstić information content (AvgIpc) is 3.05. The molecule has 1 saturated carbocycles. The highest BCUT2D eigenvalue weighted by atomic mass is 16.5. The van der Waals surface area contributed by atoms with Crippen molar-refractivity contribution in [1.29, 1.82) is 0 Å². The Labute approximate surface area is 202 Å². The summed E-state index contributed by atoms with van der Waals surface area (Å²) in [6.07, 6.45) is 5.58. The van der Waals surface area contributed by atoms with Crippen LogP contribution < -0.4 is 15.1 Å². The van der Waals surface area contributed by atoms with E-state index in [0.717, 1.165) is 67.2 Å². The van der Waals surface area contributed by atoms with Crippen LogP contribution in [0.25, 0.3) is 0 Å². The number of ether oxygens (including phenoxy) is 3. The van der Waals surface area contributed by atoms with Crippen LogP contribution in [-0.2, 0) is 25.5 Å². The zero-order valence-electron chi connectivity index (χ0n) is 20.5. The van der Waals surface area contributed by atoms with Crippen molar-refractivity contribution in [3.63, 3.8) is 0 Å². The van der Waals surface area contributed by atoms with Crippen LogP contribution in [0, 0.1) is 5.92 Å². The van der Waals surface area contributed by atoms with Crippen molar-refractivity contribution in [1.82, 2.24) is 4.98 Å². The molecule has 34 heavy (non-hydrogen) atoms. The van der Waals surface area contributed by atoms with Crippen LogP contribution in [0.4, 0.5) is 22.9 Å². The Bertz CT molecular complexity index is 954. The zero-order chi connectivity index (χ0) is 23.9. The van der Waals surface area contributed by atoms with Crippen LogP contribution >= 0.6 is 0 Å². The van der Waals surface area contributed by atoms with E-state index in [1.54, 1.807) is 27.5 Å². The third-order valence-corrected chi connectivity index (χ3v) is 6.86. The van der Waals surface area contributed by atoms with Gasteiger partial charge in [0.1, 0.15) is 5.82 Å². The van der Waals surface area contributed by atoms with Crippen LogP contribution in [0.2, 0.25) is 0 Å². The number of pyridine rings is 1. The van der Waals surface area contributed by atoms with Gasteiger partial charge in [-0.3, -0.25) is 4.79 Å². The van der Waals surface area contributed by atoms with E-state index in [0.29, 0.717) is 19.8 Å². The third kappa shape index (κ3) is 5.51. The van der Waals surface area contributed by atoms with Crippen LogP contribution in [0.3, 0.4) is 0 Å². The number of aromatic nitrogens is 1. The number of hydrogen-bond acceptors (Lipinski definition) is 7. The number of carbonyl (C=O) groups is 1. The number of rotatable bonds is 9. The van der Waals surface area contributed by atoms with E-state index in [1.807, 2.05) is 23.1 Å². The van der Waals surface area contributed by atoms with Crippen molar-refractivity contribution in [3.8, 4) is 0 Å². The molecule has 184 valence electrons. The first-order valence-corrected chi connectivity index (χ1v) is 12.1. The van der Waals surface area contributed by atoms with Gasteiger partial charge in [0, 0.05) is 57.8 Å². The van der Waals surface area contributed by atoms with Crippen molar-refractivity contribution in [2.45, 2.75) is 38.3 Å². The predicted octanol–water partition coefficient (Wildman–Crippen LogP) is 3.98. The molecule has 1 aromatic heterocycles. The summed E-state index contributed by atoms with van der Waals surface area (Å²) in [5, 5.41) is 3.47. The maximum absolute atomic E-state index is 13.9. The van der Waals surface area contributed by atoms with E-state index in [-0.39, 0.29) is 17.9 Å². The fourth-order valence-corrected chi connectivity index (χ4v) is 4.84. The molecule has 0 atom stereocenters. The van der Waals surface area contributed by atoms with Gasteiger partial charge in [-0.1, -0.05) is 6.07 Å². The maximum Gasteiger partial charge on any atom is 0.230 e. The van der Waals surface area contributed by atoms with E-state index in [2.05, 4.69) is 27.3 Å². The summed E-state index contributed by atoms with van der Waals surface area (Å²) < 4.78 is 16.2. The van der Waals surface area contributed by atoms with Gasteiger partial charge in [0.05, 0.1) is 37.2 Å². The fraction of sp³-hybridized carbons (Fsp3) is 0.538. The second kappa shape index (κ2) is 11.6. The van der Waals surface area contributed by atoms with Gasteiger partial charge < -0.3 is 29.3 Å². The van der Waals surface area contributed by atoms with Crippen molar-refractivity contribution in [3.05, 3.63) is 42.1 Å². The standard InChI is InChI=1S/C26H36N4O4/c1-32-15-13-29(14-16-33-2)21-8-11-23-24(17-21)30(18-20-5-4-12-27-25(20)28-23)26(31)19-6-9-22(34-3)10-7-19/h4-5,8,11-12,17,19,22H,6-7,9-10,13-16,18H2,1-3H3,(H,27,28)/t19-,22-. The Kier molecular flexibility index (Phi) is 8.37. The molecule has 0 radical (unpaired) electrons. The highest BCUT2D eigenvalue weighted by molar-refractivity contribution is 6.00. The van der Waals surface area contributed by atoms with Crippen molar-refractivity contribution in [2.75, 3.05) is 62.7 Å². The van der Waals surface area contributed by atoms with E-state index in [9.17, 15) is 4.79 Å². The molecule has 1 aliphatic carbocycles. The fourth-order valence-electron chi connectivity index (χ4n) is 4.84. The minimum absolute atomic E-state index is 0.000728. The number of nitrogens with zero attached hydrogens (tertiary/aromatic N) is 3. The molecule has 8 heteroatoms. The van der Waals surface area contributed by atoms with Gasteiger partial charge in [-0.2, -0.15) is 0 Å². The zero-order valence-corrected chi connectivity index (χ0v) is 20.5. The van der Waals surface area contributed by atoms with Gasteiger partial charge in [-0.15, -0.1) is 0 Å². The molecule has 2 aliphatic rings. The van der Waals surface area contributed by atoms with Gasteiger partial charge in [0.2, 0.25) is 5.91 Å².